The Morgan fingerprint density at radius 1 is 1.20 bits per heavy atom. The first-order valence-corrected chi connectivity index (χ1v) is 11.9. The summed E-state index contributed by atoms with van der Waals surface area (Å²) in [5.41, 5.74) is 2.51. The molecule has 0 atom stereocenters. The molecule has 1 aliphatic heterocycles. The van der Waals surface area contributed by atoms with Crippen LogP contribution in [0.2, 0.25) is 5.02 Å². The molecule has 7 nitrogen and oxygen atoms in total. The molecule has 10 heteroatoms. The lowest BCUT2D eigenvalue weighted by Gasteiger charge is -2.18. The molecule has 0 aliphatic carbocycles. The van der Waals surface area contributed by atoms with Gasteiger partial charge in [0.05, 0.1) is 11.4 Å². The normalized spacial score (nSPS) is 14.1. The molecule has 0 bridgehead atoms. The lowest BCUT2D eigenvalue weighted by Crippen LogP contribution is -2.22. The smallest absolute Gasteiger partial charge is 0.258 e. The Morgan fingerprint density at radius 3 is 2.83 bits per heavy atom. The molecule has 1 aromatic carbocycles. The monoisotopic (exact) mass is 458 g/mol. The fourth-order valence-electron chi connectivity index (χ4n) is 3.63. The quantitative estimate of drug-likeness (QED) is 0.418. The molecule has 0 spiro atoms. The average molecular weight is 459 g/mol. The van der Waals surface area contributed by atoms with E-state index in [0.29, 0.717) is 15.7 Å². The highest BCUT2D eigenvalue weighted by Crippen LogP contribution is 2.31. The molecule has 0 radical (unpaired) electrons. The van der Waals surface area contributed by atoms with Crippen molar-refractivity contribution in [3.05, 3.63) is 62.5 Å². The largest absolute Gasteiger partial charge is 0.341 e. The number of thiazole rings is 1. The summed E-state index contributed by atoms with van der Waals surface area (Å²) in [7, 11) is 0. The molecule has 5 rings (SSSR count). The second-order valence-corrected chi connectivity index (χ2v) is 9.38. The number of halogens is 1. The van der Waals surface area contributed by atoms with Crippen LogP contribution in [-0.4, -0.2) is 37.2 Å². The van der Waals surface area contributed by atoms with Gasteiger partial charge in [0.2, 0.25) is 5.95 Å². The van der Waals surface area contributed by atoms with E-state index < -0.39 is 0 Å². The van der Waals surface area contributed by atoms with E-state index in [-0.39, 0.29) is 5.56 Å². The van der Waals surface area contributed by atoms with E-state index in [1.165, 1.54) is 23.1 Å². The summed E-state index contributed by atoms with van der Waals surface area (Å²) in [4.78, 5) is 20.1. The van der Waals surface area contributed by atoms with Crippen LogP contribution in [0.5, 0.6) is 0 Å². The maximum Gasteiger partial charge on any atom is 0.258 e. The summed E-state index contributed by atoms with van der Waals surface area (Å²) in [6.45, 7) is 3.85. The Morgan fingerprint density at radius 2 is 2.03 bits per heavy atom. The van der Waals surface area contributed by atoms with Gasteiger partial charge in [-0.2, -0.15) is 0 Å². The lowest BCUT2D eigenvalue weighted by molar-refractivity contribution is 0.841. The van der Waals surface area contributed by atoms with E-state index in [2.05, 4.69) is 20.1 Å². The summed E-state index contributed by atoms with van der Waals surface area (Å²) in [5.74, 6) is 1.36. The first-order chi connectivity index (χ1) is 14.6. The highest BCUT2D eigenvalue weighted by Gasteiger charge is 2.23. The van der Waals surface area contributed by atoms with Crippen molar-refractivity contribution >= 4 is 45.6 Å². The van der Waals surface area contributed by atoms with Crippen LogP contribution in [0.4, 0.5) is 5.95 Å². The number of hydrogen-bond acceptors (Lipinski definition) is 7. The number of aryl methyl sites for hydroxylation is 1. The number of benzene rings is 1. The predicted octanol–water partition coefficient (Wildman–Crippen LogP) is 4.19. The molecule has 4 aromatic rings. The van der Waals surface area contributed by atoms with Gasteiger partial charge in [0.15, 0.2) is 10.1 Å². The summed E-state index contributed by atoms with van der Waals surface area (Å²) in [6.07, 6.45) is 2.30. The van der Waals surface area contributed by atoms with Gasteiger partial charge < -0.3 is 4.90 Å². The zero-order valence-corrected chi connectivity index (χ0v) is 18.7. The van der Waals surface area contributed by atoms with Crippen LogP contribution in [0, 0.1) is 6.92 Å². The molecule has 0 unspecified atom stereocenters. The maximum absolute atomic E-state index is 12.5. The fourth-order valence-corrected chi connectivity index (χ4v) is 5.55. The Balaban J connectivity index is 1.49. The molecule has 30 heavy (non-hydrogen) atoms. The van der Waals surface area contributed by atoms with Crippen molar-refractivity contribution in [3.63, 3.8) is 0 Å². The second kappa shape index (κ2) is 8.05. The fraction of sp³-hybridized carbons (Fsp3) is 0.300. The zero-order valence-electron chi connectivity index (χ0n) is 16.3. The number of hydrogen-bond donors (Lipinski definition) is 0. The van der Waals surface area contributed by atoms with Crippen molar-refractivity contribution in [2.24, 2.45) is 0 Å². The predicted molar refractivity (Wildman–Crippen MR) is 121 cm³/mol. The van der Waals surface area contributed by atoms with Gasteiger partial charge in [0.25, 0.3) is 5.56 Å². The molecule has 0 saturated carbocycles. The molecule has 154 valence electrons. The third-order valence-corrected chi connectivity index (χ3v) is 7.19. The molecule has 1 saturated heterocycles. The minimum Gasteiger partial charge on any atom is -0.341 e. The molecule has 0 N–H and O–H groups in total. The summed E-state index contributed by atoms with van der Waals surface area (Å²) >= 11 is 9.25. The SMILES string of the molecule is Cc1csc2nc(CSc3nnc(N4CCCC4)n3-c3cccc(Cl)c3)cc(=O)n12. The zero-order chi connectivity index (χ0) is 20.7. The number of aromatic nitrogens is 5. The lowest BCUT2D eigenvalue weighted by atomic mass is 10.3. The first-order valence-electron chi connectivity index (χ1n) is 9.66. The number of nitrogens with zero attached hydrogens (tertiary/aromatic N) is 6. The Bertz CT molecular complexity index is 1270. The molecule has 3 aromatic heterocycles. The molecule has 1 fully saturated rings. The summed E-state index contributed by atoms with van der Waals surface area (Å²) in [5, 5.41) is 12.3. The molecular weight excluding hydrogens is 440 g/mol. The number of anilines is 1. The van der Waals surface area contributed by atoms with Gasteiger partial charge in [0, 0.05) is 41.0 Å². The highest BCUT2D eigenvalue weighted by molar-refractivity contribution is 7.98. The van der Waals surface area contributed by atoms with Gasteiger partial charge in [-0.3, -0.25) is 13.8 Å². The van der Waals surface area contributed by atoms with Gasteiger partial charge in [-0.15, -0.1) is 21.5 Å². The van der Waals surface area contributed by atoms with Gasteiger partial charge in [-0.25, -0.2) is 4.98 Å². The van der Waals surface area contributed by atoms with E-state index in [4.69, 9.17) is 11.6 Å². The van der Waals surface area contributed by atoms with E-state index in [1.54, 1.807) is 10.5 Å². The van der Waals surface area contributed by atoms with Crippen molar-refractivity contribution in [1.29, 1.82) is 0 Å². The third kappa shape index (κ3) is 3.61. The van der Waals surface area contributed by atoms with Crippen LogP contribution >= 0.6 is 34.7 Å². The van der Waals surface area contributed by atoms with Crippen LogP contribution < -0.4 is 10.5 Å². The Labute approximate surface area is 186 Å². The molecule has 4 heterocycles. The topological polar surface area (TPSA) is 68.3 Å². The number of rotatable bonds is 5. The summed E-state index contributed by atoms with van der Waals surface area (Å²) < 4.78 is 3.68. The van der Waals surface area contributed by atoms with E-state index in [0.717, 1.165) is 54.1 Å². The average Bonchev–Trinajstić information content (AvgIpc) is 3.46. The van der Waals surface area contributed by atoms with Crippen molar-refractivity contribution in [2.45, 2.75) is 30.7 Å². The van der Waals surface area contributed by atoms with Crippen molar-refractivity contribution in [1.82, 2.24) is 24.1 Å². The Kier molecular flexibility index (Phi) is 5.26. The van der Waals surface area contributed by atoms with Gasteiger partial charge in [-0.05, 0) is 38.0 Å². The highest BCUT2D eigenvalue weighted by atomic mass is 35.5. The standard InChI is InChI=1S/C20H19ClN6OS2/c1-13-11-29-19-22-15(10-17(28)26(13)19)12-30-20-24-23-18(25-7-2-3-8-25)27(20)16-6-4-5-14(21)9-16/h4-6,9-11H,2-3,7-8,12H2,1H3. The van der Waals surface area contributed by atoms with Gasteiger partial charge >= 0.3 is 0 Å². The summed E-state index contributed by atoms with van der Waals surface area (Å²) in [6, 6.07) is 9.30. The first kappa shape index (κ1) is 19.6. The van der Waals surface area contributed by atoms with Crippen LogP contribution in [-0.2, 0) is 5.75 Å². The van der Waals surface area contributed by atoms with Crippen molar-refractivity contribution in [2.75, 3.05) is 18.0 Å². The number of fused-ring (bicyclic) bond motifs is 1. The van der Waals surface area contributed by atoms with Crippen molar-refractivity contribution in [3.8, 4) is 5.69 Å². The molecule has 1 aliphatic rings. The third-order valence-electron chi connectivity index (χ3n) is 5.05. The second-order valence-electron chi connectivity index (χ2n) is 7.16. The maximum atomic E-state index is 12.5. The van der Waals surface area contributed by atoms with E-state index in [1.807, 2.05) is 41.1 Å². The molecular formula is C20H19ClN6OS2. The van der Waals surface area contributed by atoms with E-state index in [9.17, 15) is 4.79 Å². The van der Waals surface area contributed by atoms with Gasteiger partial charge in [-0.1, -0.05) is 29.4 Å². The van der Waals surface area contributed by atoms with Crippen LogP contribution in [0.1, 0.15) is 24.2 Å². The van der Waals surface area contributed by atoms with E-state index >= 15 is 0 Å². The molecule has 0 amide bonds. The Hall–Kier alpha value is -2.36. The van der Waals surface area contributed by atoms with Crippen LogP contribution in [0.25, 0.3) is 10.6 Å². The van der Waals surface area contributed by atoms with Gasteiger partial charge in [0.1, 0.15) is 0 Å². The minimum atomic E-state index is -0.0524. The van der Waals surface area contributed by atoms with Crippen LogP contribution in [0.3, 0.4) is 0 Å². The number of thioether (sulfide) groups is 1. The van der Waals surface area contributed by atoms with Crippen LogP contribution in [0.15, 0.2) is 45.7 Å². The van der Waals surface area contributed by atoms with Crippen molar-refractivity contribution < 1.29 is 0 Å². The minimum absolute atomic E-state index is 0.0524.